The summed E-state index contributed by atoms with van der Waals surface area (Å²) in [6.07, 6.45) is 2.92. The molecule has 7 nitrogen and oxygen atoms in total. The highest BCUT2D eigenvalue weighted by molar-refractivity contribution is 7.83. The van der Waals surface area contributed by atoms with E-state index in [0.29, 0.717) is 54.6 Å². The van der Waals surface area contributed by atoms with Crippen LogP contribution in [0.15, 0.2) is 60.0 Å². The zero-order valence-corrected chi connectivity index (χ0v) is 22.0. The van der Waals surface area contributed by atoms with Gasteiger partial charge in [0.05, 0.1) is 13.2 Å². The normalized spacial score (nSPS) is 11.3. The van der Waals surface area contributed by atoms with Crippen LogP contribution in [0.25, 0.3) is 5.70 Å². The number of aryl methyl sites for hydroxylation is 1. The highest BCUT2D eigenvalue weighted by Gasteiger charge is 2.16. The summed E-state index contributed by atoms with van der Waals surface area (Å²) in [7, 11) is 0. The Morgan fingerprint density at radius 2 is 1.62 bits per heavy atom. The van der Waals surface area contributed by atoms with E-state index >= 15 is 0 Å². The molecule has 0 amide bonds. The Hall–Kier alpha value is -3.78. The van der Waals surface area contributed by atoms with Crippen LogP contribution >= 0.6 is 12.6 Å². The van der Waals surface area contributed by atoms with E-state index in [4.69, 9.17) is 19.9 Å². The van der Waals surface area contributed by atoms with Crippen LogP contribution < -0.4 is 19.9 Å². The molecule has 0 aliphatic rings. The summed E-state index contributed by atoms with van der Waals surface area (Å²) in [6, 6.07) is 15.5. The number of hydrogen-bond acceptors (Lipinski definition) is 7. The molecule has 0 aliphatic heterocycles. The van der Waals surface area contributed by atoms with Crippen LogP contribution in [-0.2, 0) is 12.8 Å². The minimum Gasteiger partial charge on any atom is -0.507 e. The van der Waals surface area contributed by atoms with E-state index in [9.17, 15) is 15.0 Å². The number of phenols is 1. The maximum atomic E-state index is 11.6. The smallest absolute Gasteiger partial charge is 0.339 e. The summed E-state index contributed by atoms with van der Waals surface area (Å²) in [5.74, 6) is 1.15. The van der Waals surface area contributed by atoms with Gasteiger partial charge in [-0.1, -0.05) is 38.5 Å². The standard InChI is InChI=1S/C29H33NO6S/c1-3-9-20-25(12-7-13-26(20)36-27-11-6-5-10-21(27)29(32)33)34-14-8-15-35-28-17-24(31)22(23(30)18-37)16-19(28)4-2/h5-7,10-13,16-18,31,37H,3-4,8-9,14-15,30H2,1-2H3,(H,32,33)/b23-18-. The zero-order chi connectivity index (χ0) is 26.8. The van der Waals surface area contributed by atoms with Gasteiger partial charge in [-0.25, -0.2) is 4.79 Å². The highest BCUT2D eigenvalue weighted by Crippen LogP contribution is 2.35. The highest BCUT2D eigenvalue weighted by atomic mass is 32.1. The average molecular weight is 524 g/mol. The molecule has 0 spiro atoms. The van der Waals surface area contributed by atoms with Crippen molar-refractivity contribution < 1.29 is 29.2 Å². The number of thiol groups is 1. The second-order valence-electron chi connectivity index (χ2n) is 8.35. The lowest BCUT2D eigenvalue weighted by molar-refractivity contribution is 0.0694. The number of nitrogens with two attached hydrogens (primary N) is 1. The van der Waals surface area contributed by atoms with Crippen molar-refractivity contribution in [2.45, 2.75) is 39.5 Å². The number of carboxylic acid groups (broad SMARTS) is 1. The van der Waals surface area contributed by atoms with Crippen molar-refractivity contribution in [3.63, 3.8) is 0 Å². The van der Waals surface area contributed by atoms with Gasteiger partial charge in [0.25, 0.3) is 0 Å². The molecule has 196 valence electrons. The Morgan fingerprint density at radius 1 is 0.946 bits per heavy atom. The maximum absolute atomic E-state index is 11.6. The average Bonchev–Trinajstić information content (AvgIpc) is 2.90. The molecule has 3 rings (SSSR count). The Kier molecular flexibility index (Phi) is 10.1. The van der Waals surface area contributed by atoms with Crippen LogP contribution in [-0.4, -0.2) is 29.4 Å². The number of phenolic OH excluding ortho intramolecular Hbond substituents is 1. The molecule has 0 bridgehead atoms. The Balaban J connectivity index is 1.66. The summed E-state index contributed by atoms with van der Waals surface area (Å²) in [5.41, 5.74) is 8.73. The lowest BCUT2D eigenvalue weighted by Gasteiger charge is -2.17. The number of carboxylic acids is 1. The molecular formula is C29H33NO6S. The first kappa shape index (κ1) is 27.8. The summed E-state index contributed by atoms with van der Waals surface area (Å²) >= 11 is 4.06. The van der Waals surface area contributed by atoms with E-state index in [1.165, 1.54) is 11.5 Å². The minimum atomic E-state index is -1.05. The van der Waals surface area contributed by atoms with Crippen LogP contribution in [0.3, 0.4) is 0 Å². The lowest BCUT2D eigenvalue weighted by Crippen LogP contribution is -2.08. The van der Waals surface area contributed by atoms with Gasteiger partial charge in [-0.05, 0) is 54.1 Å². The summed E-state index contributed by atoms with van der Waals surface area (Å²) in [5, 5.41) is 21.2. The third-order valence-electron chi connectivity index (χ3n) is 5.74. The van der Waals surface area contributed by atoms with E-state index in [1.807, 2.05) is 31.2 Å². The molecule has 0 aliphatic carbocycles. The zero-order valence-electron chi connectivity index (χ0n) is 21.1. The Labute approximate surface area is 222 Å². The van der Waals surface area contributed by atoms with Gasteiger partial charge in [0.1, 0.15) is 34.3 Å². The van der Waals surface area contributed by atoms with E-state index < -0.39 is 5.97 Å². The summed E-state index contributed by atoms with van der Waals surface area (Å²) in [6.45, 7) is 4.87. The predicted molar refractivity (Wildman–Crippen MR) is 148 cm³/mol. The first-order valence-electron chi connectivity index (χ1n) is 12.2. The van der Waals surface area contributed by atoms with Crippen LogP contribution in [0.5, 0.6) is 28.7 Å². The van der Waals surface area contributed by atoms with Gasteiger partial charge in [0.15, 0.2) is 0 Å². The second kappa shape index (κ2) is 13.5. The fourth-order valence-corrected chi connectivity index (χ4v) is 4.01. The number of hydrogen-bond donors (Lipinski definition) is 4. The fourth-order valence-electron chi connectivity index (χ4n) is 3.87. The first-order chi connectivity index (χ1) is 17.9. The molecule has 37 heavy (non-hydrogen) atoms. The topological polar surface area (TPSA) is 111 Å². The molecule has 0 saturated heterocycles. The second-order valence-corrected chi connectivity index (χ2v) is 8.61. The molecular weight excluding hydrogens is 490 g/mol. The van der Waals surface area contributed by atoms with E-state index in [1.54, 1.807) is 24.3 Å². The molecule has 4 N–H and O–H groups in total. The quantitative estimate of drug-likeness (QED) is 0.151. The molecule has 0 radical (unpaired) electrons. The van der Waals surface area contributed by atoms with Crippen molar-refractivity contribution in [1.82, 2.24) is 0 Å². The van der Waals surface area contributed by atoms with Crippen molar-refractivity contribution in [3.8, 4) is 28.7 Å². The largest absolute Gasteiger partial charge is 0.507 e. The lowest BCUT2D eigenvalue weighted by atomic mass is 10.0. The van der Waals surface area contributed by atoms with Crippen LogP contribution in [0.1, 0.15) is 53.7 Å². The Bertz CT molecular complexity index is 1260. The third-order valence-corrected chi connectivity index (χ3v) is 6.02. The van der Waals surface area contributed by atoms with Crippen LogP contribution in [0.4, 0.5) is 0 Å². The number of ether oxygens (including phenoxy) is 3. The van der Waals surface area contributed by atoms with Gasteiger partial charge in [-0.15, -0.1) is 12.6 Å². The summed E-state index contributed by atoms with van der Waals surface area (Å²) in [4.78, 5) is 11.6. The van der Waals surface area contributed by atoms with Gasteiger partial charge < -0.3 is 30.2 Å². The van der Waals surface area contributed by atoms with Crippen molar-refractivity contribution in [2.24, 2.45) is 5.73 Å². The van der Waals surface area contributed by atoms with Crippen molar-refractivity contribution in [3.05, 3.63) is 82.3 Å². The molecule has 0 atom stereocenters. The van der Waals surface area contributed by atoms with E-state index in [0.717, 1.165) is 24.0 Å². The number of aromatic hydroxyl groups is 1. The number of para-hydroxylation sites is 1. The summed E-state index contributed by atoms with van der Waals surface area (Å²) < 4.78 is 18.0. The third kappa shape index (κ3) is 7.13. The van der Waals surface area contributed by atoms with Crippen molar-refractivity contribution >= 4 is 24.3 Å². The predicted octanol–water partition coefficient (Wildman–Crippen LogP) is 6.43. The molecule has 0 unspecified atom stereocenters. The number of aromatic carboxylic acids is 1. The van der Waals surface area contributed by atoms with Gasteiger partial charge >= 0.3 is 5.97 Å². The van der Waals surface area contributed by atoms with Gasteiger partial charge in [-0.3, -0.25) is 0 Å². The molecule has 0 heterocycles. The molecule has 0 aromatic heterocycles. The monoisotopic (exact) mass is 523 g/mol. The molecule has 0 fully saturated rings. The van der Waals surface area contributed by atoms with E-state index in [2.05, 4.69) is 19.6 Å². The number of benzene rings is 3. The van der Waals surface area contributed by atoms with Crippen molar-refractivity contribution in [1.29, 1.82) is 0 Å². The number of carbonyl (C=O) groups is 1. The Morgan fingerprint density at radius 3 is 2.30 bits per heavy atom. The van der Waals surface area contributed by atoms with Crippen LogP contribution in [0, 0.1) is 0 Å². The molecule has 3 aromatic carbocycles. The number of rotatable bonds is 13. The maximum Gasteiger partial charge on any atom is 0.339 e. The van der Waals surface area contributed by atoms with Crippen LogP contribution in [0.2, 0.25) is 0 Å². The van der Waals surface area contributed by atoms with Gasteiger partial charge in [0, 0.05) is 29.3 Å². The SMILES string of the molecule is CCCc1c(OCCCOc2cc(O)c(/C(N)=C/S)cc2CC)cccc1Oc1ccccc1C(=O)O. The molecule has 8 heteroatoms. The van der Waals surface area contributed by atoms with Crippen molar-refractivity contribution in [2.75, 3.05) is 13.2 Å². The van der Waals surface area contributed by atoms with E-state index in [-0.39, 0.29) is 17.1 Å². The minimum absolute atomic E-state index is 0.0387. The first-order valence-corrected chi connectivity index (χ1v) is 12.7. The molecule has 0 saturated carbocycles. The van der Waals surface area contributed by atoms with Gasteiger partial charge in [-0.2, -0.15) is 0 Å². The molecule has 3 aromatic rings. The fraction of sp³-hybridized carbons (Fsp3) is 0.276. The van der Waals surface area contributed by atoms with Gasteiger partial charge in [0.2, 0.25) is 0 Å².